The first-order valence-electron chi connectivity index (χ1n) is 11.2. The van der Waals surface area contributed by atoms with Crippen LogP contribution < -0.4 is 15.8 Å². The molecule has 0 aliphatic carbocycles. The summed E-state index contributed by atoms with van der Waals surface area (Å²) in [6.07, 6.45) is 6.03. The fourth-order valence-corrected chi connectivity index (χ4v) is 4.95. The smallest absolute Gasteiger partial charge is 0.262 e. The zero-order valence-electron chi connectivity index (χ0n) is 20.2. The van der Waals surface area contributed by atoms with E-state index < -0.39 is 9.84 Å². The Labute approximate surface area is 195 Å². The first-order valence-corrected chi connectivity index (χ1v) is 13.1. The van der Waals surface area contributed by atoms with Gasteiger partial charge in [-0.2, -0.15) is 0 Å². The van der Waals surface area contributed by atoms with Gasteiger partial charge in [0, 0.05) is 38.2 Å². The minimum atomic E-state index is -3.43. The van der Waals surface area contributed by atoms with Crippen LogP contribution in [-0.2, 0) is 16.9 Å². The van der Waals surface area contributed by atoms with E-state index >= 15 is 0 Å². The van der Waals surface area contributed by atoms with E-state index in [1.165, 1.54) is 24.7 Å². The molecule has 1 aromatic carbocycles. The van der Waals surface area contributed by atoms with Crippen molar-refractivity contribution in [3.63, 3.8) is 0 Å². The van der Waals surface area contributed by atoms with E-state index in [9.17, 15) is 13.2 Å². The fraction of sp³-hybridized carbons (Fsp3) is 0.458. The van der Waals surface area contributed by atoms with Crippen molar-refractivity contribution in [1.29, 1.82) is 0 Å². The molecule has 0 radical (unpaired) electrons. The molecule has 0 aliphatic heterocycles. The zero-order chi connectivity index (χ0) is 24.3. The maximum atomic E-state index is 13.3. The number of hydrogen-bond donors (Lipinski definition) is 1. The maximum absolute atomic E-state index is 13.3. The number of nitrogens with zero attached hydrogens (tertiary/aromatic N) is 4. The highest BCUT2D eigenvalue weighted by Crippen LogP contribution is 2.29. The van der Waals surface area contributed by atoms with Crippen LogP contribution in [0.2, 0.25) is 0 Å². The Morgan fingerprint density at radius 2 is 1.85 bits per heavy atom. The molecular weight excluding hydrogens is 438 g/mol. The summed E-state index contributed by atoms with van der Waals surface area (Å²) in [7, 11) is -1.67. The molecule has 0 spiro atoms. The first-order chi connectivity index (χ1) is 15.6. The van der Waals surface area contributed by atoms with Crippen molar-refractivity contribution in [2.24, 2.45) is 7.05 Å². The van der Waals surface area contributed by atoms with Gasteiger partial charge in [0.15, 0.2) is 9.84 Å². The van der Waals surface area contributed by atoms with Gasteiger partial charge in [-0.05, 0) is 44.4 Å². The van der Waals surface area contributed by atoms with Crippen molar-refractivity contribution >= 4 is 32.4 Å². The van der Waals surface area contributed by atoms with E-state index in [4.69, 9.17) is 4.98 Å². The van der Waals surface area contributed by atoms with Gasteiger partial charge in [-0.15, -0.1) is 0 Å². The molecule has 2 aromatic heterocycles. The third-order valence-corrected chi connectivity index (χ3v) is 6.77. The van der Waals surface area contributed by atoms with E-state index in [1.807, 2.05) is 26.0 Å². The second kappa shape index (κ2) is 9.91. The van der Waals surface area contributed by atoms with Crippen molar-refractivity contribution in [3.05, 3.63) is 52.1 Å². The van der Waals surface area contributed by atoms with Gasteiger partial charge in [-0.3, -0.25) is 14.3 Å². The minimum Gasteiger partial charge on any atom is -0.376 e. The molecule has 1 unspecified atom stereocenters. The monoisotopic (exact) mass is 471 g/mol. The molecule has 0 bridgehead atoms. The summed E-state index contributed by atoms with van der Waals surface area (Å²) in [5.41, 5.74) is 2.72. The van der Waals surface area contributed by atoms with Gasteiger partial charge in [0.05, 0.1) is 33.7 Å². The number of benzene rings is 1. The summed E-state index contributed by atoms with van der Waals surface area (Å²) < 4.78 is 26.1. The molecule has 178 valence electrons. The molecule has 0 saturated carbocycles. The number of hydrogen-bond acceptors (Lipinski definition) is 7. The second-order valence-electron chi connectivity index (χ2n) is 8.52. The van der Waals surface area contributed by atoms with E-state index in [0.717, 1.165) is 37.1 Å². The van der Waals surface area contributed by atoms with Crippen molar-refractivity contribution in [3.8, 4) is 0 Å². The lowest BCUT2D eigenvalue weighted by Crippen LogP contribution is -2.33. The maximum Gasteiger partial charge on any atom is 0.262 e. The molecule has 8 nitrogen and oxygen atoms in total. The molecule has 1 atom stereocenters. The normalized spacial score (nSPS) is 12.7. The Hall–Kier alpha value is -2.94. The van der Waals surface area contributed by atoms with Gasteiger partial charge in [-0.1, -0.05) is 19.9 Å². The van der Waals surface area contributed by atoms with Crippen LogP contribution in [0.25, 0.3) is 10.9 Å². The summed E-state index contributed by atoms with van der Waals surface area (Å²) in [6, 6.07) is 5.03. The summed E-state index contributed by atoms with van der Waals surface area (Å²) >= 11 is 0. The van der Waals surface area contributed by atoms with Crippen molar-refractivity contribution < 1.29 is 8.42 Å². The molecule has 33 heavy (non-hydrogen) atoms. The van der Waals surface area contributed by atoms with Crippen LogP contribution in [0, 0.1) is 6.92 Å². The van der Waals surface area contributed by atoms with Crippen LogP contribution in [0.4, 0.5) is 11.6 Å². The highest BCUT2D eigenvalue weighted by atomic mass is 32.2. The first kappa shape index (κ1) is 24.7. The van der Waals surface area contributed by atoms with E-state index in [0.29, 0.717) is 22.5 Å². The largest absolute Gasteiger partial charge is 0.376 e. The Morgan fingerprint density at radius 1 is 1.18 bits per heavy atom. The lowest BCUT2D eigenvalue weighted by molar-refractivity contribution is 0.602. The predicted octanol–water partition coefficient (Wildman–Crippen LogP) is 3.84. The molecule has 0 fully saturated rings. The molecule has 1 N–H and O–H groups in total. The predicted molar refractivity (Wildman–Crippen MR) is 134 cm³/mol. The van der Waals surface area contributed by atoms with E-state index in [2.05, 4.69) is 29.0 Å². The number of aryl methyl sites for hydroxylation is 1. The van der Waals surface area contributed by atoms with Gasteiger partial charge in [-0.25, -0.2) is 13.4 Å². The van der Waals surface area contributed by atoms with Gasteiger partial charge >= 0.3 is 0 Å². The Bertz CT molecular complexity index is 1310. The number of anilines is 2. The number of rotatable bonds is 9. The van der Waals surface area contributed by atoms with Gasteiger partial charge in [0.25, 0.3) is 5.56 Å². The van der Waals surface area contributed by atoms with Crippen LogP contribution in [0.1, 0.15) is 50.8 Å². The van der Waals surface area contributed by atoms with Crippen LogP contribution in [0.15, 0.2) is 40.3 Å². The zero-order valence-corrected chi connectivity index (χ0v) is 21.0. The third-order valence-electron chi connectivity index (χ3n) is 5.62. The SMILES string of the molecule is CCCN(CCC)c1nc2c(C(C)Nc3cnccc3S(C)(=O)=O)cc(C)cc2c(=O)n1C. The molecule has 3 aromatic rings. The van der Waals surface area contributed by atoms with Crippen molar-refractivity contribution in [2.75, 3.05) is 29.6 Å². The van der Waals surface area contributed by atoms with Crippen molar-refractivity contribution in [1.82, 2.24) is 14.5 Å². The highest BCUT2D eigenvalue weighted by Gasteiger charge is 2.21. The summed E-state index contributed by atoms with van der Waals surface area (Å²) in [5.74, 6) is 0.645. The summed E-state index contributed by atoms with van der Waals surface area (Å²) in [6.45, 7) is 9.70. The van der Waals surface area contributed by atoms with Crippen LogP contribution in [0.5, 0.6) is 0 Å². The standard InChI is InChI=1S/C24H33N5O3S/c1-7-11-29(12-8-2)24-27-22-18(13-16(3)14-19(22)23(30)28(24)5)17(4)26-20-15-25-10-9-21(20)33(6,31)32/h9-10,13-15,17,26H,7-8,11-12H2,1-6H3. The van der Waals surface area contributed by atoms with Crippen molar-refractivity contribution in [2.45, 2.75) is 51.5 Å². The van der Waals surface area contributed by atoms with E-state index in [1.54, 1.807) is 11.6 Å². The number of sulfone groups is 1. The quantitative estimate of drug-likeness (QED) is 0.506. The molecule has 0 aliphatic rings. The Balaban J connectivity index is 2.18. The van der Waals surface area contributed by atoms with Crippen LogP contribution in [0.3, 0.4) is 0 Å². The molecule has 0 amide bonds. The summed E-state index contributed by atoms with van der Waals surface area (Å²) in [5, 5.41) is 3.83. The Morgan fingerprint density at radius 3 is 2.45 bits per heavy atom. The molecule has 9 heteroatoms. The Kier molecular flexibility index (Phi) is 7.41. The fourth-order valence-electron chi connectivity index (χ4n) is 4.13. The summed E-state index contributed by atoms with van der Waals surface area (Å²) in [4.78, 5) is 24.7. The number of fused-ring (bicyclic) bond motifs is 1. The highest BCUT2D eigenvalue weighted by molar-refractivity contribution is 7.90. The number of aromatic nitrogens is 3. The average molecular weight is 472 g/mol. The molecule has 3 rings (SSSR count). The topological polar surface area (TPSA) is 97.2 Å². The van der Waals surface area contributed by atoms with Crippen LogP contribution >= 0.6 is 0 Å². The number of nitrogens with one attached hydrogen (secondary N) is 1. The molecular formula is C24H33N5O3S. The third kappa shape index (κ3) is 5.19. The molecule has 2 heterocycles. The second-order valence-corrected chi connectivity index (χ2v) is 10.5. The molecule has 0 saturated heterocycles. The number of pyridine rings is 1. The van der Waals surface area contributed by atoms with Gasteiger partial charge in [0.1, 0.15) is 0 Å². The minimum absolute atomic E-state index is 0.0949. The van der Waals surface area contributed by atoms with E-state index in [-0.39, 0.29) is 16.5 Å². The average Bonchev–Trinajstić information content (AvgIpc) is 2.75. The van der Waals surface area contributed by atoms with Gasteiger partial charge in [0.2, 0.25) is 5.95 Å². The lowest BCUT2D eigenvalue weighted by Gasteiger charge is -2.26. The lowest BCUT2D eigenvalue weighted by atomic mass is 10.0. The van der Waals surface area contributed by atoms with Gasteiger partial charge < -0.3 is 10.2 Å². The van der Waals surface area contributed by atoms with Crippen LogP contribution in [-0.4, -0.2) is 42.3 Å².